The van der Waals surface area contributed by atoms with E-state index >= 15 is 0 Å². The number of guanidine groups is 1. The van der Waals surface area contributed by atoms with Gasteiger partial charge in [-0.15, -0.1) is 0 Å². The minimum atomic E-state index is -3.13. The standard InChI is InChI=1S/C16H27N3O2S/c1-6-13-9-7-8-10-14(13)11-18-15(17-4)19-12-16(2,3)22(5,20)21/h7-10H,6,11-12H2,1-5H3,(H2,17,18,19). The molecule has 0 spiro atoms. The molecule has 0 saturated carbocycles. The van der Waals surface area contributed by atoms with Gasteiger partial charge in [0.25, 0.3) is 0 Å². The maximum Gasteiger partial charge on any atom is 0.191 e. The first-order valence-electron chi connectivity index (χ1n) is 7.42. The quantitative estimate of drug-likeness (QED) is 0.617. The summed E-state index contributed by atoms with van der Waals surface area (Å²) in [6.07, 6.45) is 2.23. The lowest BCUT2D eigenvalue weighted by Crippen LogP contribution is -2.47. The summed E-state index contributed by atoms with van der Waals surface area (Å²) in [5, 5.41) is 6.31. The van der Waals surface area contributed by atoms with E-state index in [-0.39, 0.29) is 0 Å². The first-order valence-corrected chi connectivity index (χ1v) is 9.31. The molecule has 0 aliphatic rings. The Morgan fingerprint density at radius 2 is 1.77 bits per heavy atom. The van der Waals surface area contributed by atoms with Crippen LogP contribution in [0, 0.1) is 0 Å². The molecule has 0 amide bonds. The highest BCUT2D eigenvalue weighted by molar-refractivity contribution is 7.92. The third kappa shape index (κ3) is 5.02. The van der Waals surface area contributed by atoms with E-state index in [9.17, 15) is 8.42 Å². The molecule has 0 bridgehead atoms. The van der Waals surface area contributed by atoms with Crippen molar-refractivity contribution in [2.45, 2.75) is 38.5 Å². The predicted octanol–water partition coefficient (Wildman–Crippen LogP) is 1.74. The molecule has 0 saturated heterocycles. The minimum absolute atomic E-state index is 0.306. The first kappa shape index (κ1) is 18.5. The fraction of sp³-hybridized carbons (Fsp3) is 0.562. The summed E-state index contributed by atoms with van der Waals surface area (Å²) in [6.45, 7) is 6.49. The van der Waals surface area contributed by atoms with Crippen molar-refractivity contribution < 1.29 is 8.42 Å². The van der Waals surface area contributed by atoms with Crippen LogP contribution < -0.4 is 10.6 Å². The molecule has 0 radical (unpaired) electrons. The molecular weight excluding hydrogens is 298 g/mol. The van der Waals surface area contributed by atoms with Crippen LogP contribution in [0.15, 0.2) is 29.3 Å². The number of aryl methyl sites for hydroxylation is 1. The average Bonchev–Trinajstić information content (AvgIpc) is 2.46. The molecule has 2 N–H and O–H groups in total. The topological polar surface area (TPSA) is 70.6 Å². The highest BCUT2D eigenvalue weighted by Crippen LogP contribution is 2.13. The second-order valence-corrected chi connectivity index (χ2v) is 8.58. The van der Waals surface area contributed by atoms with Crippen molar-refractivity contribution in [2.24, 2.45) is 4.99 Å². The summed E-state index contributed by atoms with van der Waals surface area (Å²) >= 11 is 0. The summed E-state index contributed by atoms with van der Waals surface area (Å²) in [6, 6.07) is 8.24. The molecule has 5 nitrogen and oxygen atoms in total. The van der Waals surface area contributed by atoms with E-state index in [0.29, 0.717) is 19.0 Å². The van der Waals surface area contributed by atoms with Crippen molar-refractivity contribution in [3.8, 4) is 0 Å². The monoisotopic (exact) mass is 325 g/mol. The van der Waals surface area contributed by atoms with Crippen LogP contribution >= 0.6 is 0 Å². The molecule has 1 rings (SSSR count). The van der Waals surface area contributed by atoms with Gasteiger partial charge in [-0.05, 0) is 31.4 Å². The zero-order chi connectivity index (χ0) is 16.8. The maximum atomic E-state index is 11.7. The van der Waals surface area contributed by atoms with Crippen LogP contribution in [-0.2, 0) is 22.8 Å². The molecule has 0 unspecified atom stereocenters. The molecule has 0 heterocycles. The van der Waals surface area contributed by atoms with Crippen molar-refractivity contribution in [1.82, 2.24) is 10.6 Å². The molecule has 0 fully saturated rings. The van der Waals surface area contributed by atoms with E-state index in [1.165, 1.54) is 17.4 Å². The van der Waals surface area contributed by atoms with Crippen LogP contribution in [0.4, 0.5) is 0 Å². The number of rotatable bonds is 6. The zero-order valence-corrected chi connectivity index (χ0v) is 14.9. The van der Waals surface area contributed by atoms with E-state index in [1.807, 2.05) is 12.1 Å². The summed E-state index contributed by atoms with van der Waals surface area (Å²) in [5.74, 6) is 0.600. The van der Waals surface area contributed by atoms with Gasteiger partial charge in [0.1, 0.15) is 0 Å². The number of nitrogens with zero attached hydrogens (tertiary/aromatic N) is 1. The summed E-state index contributed by atoms with van der Waals surface area (Å²) in [4.78, 5) is 4.14. The third-order valence-electron chi connectivity index (χ3n) is 3.85. The first-order chi connectivity index (χ1) is 10.2. The van der Waals surface area contributed by atoms with Crippen molar-refractivity contribution in [3.63, 3.8) is 0 Å². The van der Waals surface area contributed by atoms with E-state index in [4.69, 9.17) is 0 Å². The van der Waals surface area contributed by atoms with Crippen molar-refractivity contribution in [1.29, 1.82) is 0 Å². The Kier molecular flexibility index (Phi) is 6.41. The van der Waals surface area contributed by atoms with Gasteiger partial charge in [0, 0.05) is 26.4 Å². The van der Waals surface area contributed by atoms with E-state index in [2.05, 4.69) is 34.7 Å². The van der Waals surface area contributed by atoms with Gasteiger partial charge >= 0.3 is 0 Å². The second kappa shape index (κ2) is 7.63. The van der Waals surface area contributed by atoms with Crippen LogP contribution in [0.5, 0.6) is 0 Å². The summed E-state index contributed by atoms with van der Waals surface area (Å²) < 4.78 is 22.6. The minimum Gasteiger partial charge on any atom is -0.355 e. The van der Waals surface area contributed by atoms with Gasteiger partial charge < -0.3 is 10.6 Å². The highest BCUT2D eigenvalue weighted by atomic mass is 32.2. The van der Waals surface area contributed by atoms with Crippen LogP contribution in [-0.4, -0.2) is 39.0 Å². The number of sulfone groups is 1. The summed E-state index contributed by atoms with van der Waals surface area (Å²) in [5.41, 5.74) is 2.51. The Balaban J connectivity index is 2.64. The van der Waals surface area contributed by atoms with Crippen LogP contribution in [0.1, 0.15) is 31.9 Å². The Hall–Kier alpha value is -1.56. The van der Waals surface area contributed by atoms with E-state index in [0.717, 1.165) is 6.42 Å². The Labute approximate surface area is 134 Å². The molecule has 0 aliphatic heterocycles. The fourth-order valence-corrected chi connectivity index (χ4v) is 2.24. The van der Waals surface area contributed by atoms with Crippen LogP contribution in [0.25, 0.3) is 0 Å². The Bertz CT molecular complexity index is 622. The third-order valence-corrected chi connectivity index (χ3v) is 6.01. The molecule has 22 heavy (non-hydrogen) atoms. The SMILES string of the molecule is CCc1ccccc1CNC(=NC)NCC(C)(C)S(C)(=O)=O. The van der Waals surface area contributed by atoms with Gasteiger partial charge in [-0.3, -0.25) is 4.99 Å². The Morgan fingerprint density at radius 1 is 1.18 bits per heavy atom. The smallest absolute Gasteiger partial charge is 0.191 e. The summed E-state index contributed by atoms with van der Waals surface area (Å²) in [7, 11) is -1.45. The van der Waals surface area contributed by atoms with Gasteiger partial charge in [0.2, 0.25) is 0 Å². The molecule has 124 valence electrons. The molecule has 0 aliphatic carbocycles. The number of nitrogens with one attached hydrogen (secondary N) is 2. The normalized spacial score (nSPS) is 13.0. The van der Waals surface area contributed by atoms with Crippen molar-refractivity contribution in [2.75, 3.05) is 19.8 Å². The molecule has 1 aromatic carbocycles. The molecular formula is C16H27N3O2S. The Morgan fingerprint density at radius 3 is 2.27 bits per heavy atom. The number of hydrogen-bond acceptors (Lipinski definition) is 3. The lowest BCUT2D eigenvalue weighted by Gasteiger charge is -2.24. The molecule has 1 aromatic rings. The molecule has 6 heteroatoms. The number of aliphatic imine (C=N–C) groups is 1. The van der Waals surface area contributed by atoms with E-state index < -0.39 is 14.6 Å². The van der Waals surface area contributed by atoms with Gasteiger partial charge in [-0.2, -0.15) is 0 Å². The molecule has 0 atom stereocenters. The lowest BCUT2D eigenvalue weighted by atomic mass is 10.1. The second-order valence-electron chi connectivity index (χ2n) is 5.93. The average molecular weight is 325 g/mol. The van der Waals surface area contributed by atoms with Crippen molar-refractivity contribution >= 4 is 15.8 Å². The van der Waals surface area contributed by atoms with Gasteiger partial charge in [-0.1, -0.05) is 31.2 Å². The van der Waals surface area contributed by atoms with Gasteiger partial charge in [0.05, 0.1) is 4.75 Å². The lowest BCUT2D eigenvalue weighted by molar-refractivity contribution is 0.544. The van der Waals surface area contributed by atoms with Crippen LogP contribution in [0.2, 0.25) is 0 Å². The number of hydrogen-bond donors (Lipinski definition) is 2. The van der Waals surface area contributed by atoms with E-state index in [1.54, 1.807) is 20.9 Å². The highest BCUT2D eigenvalue weighted by Gasteiger charge is 2.30. The number of benzene rings is 1. The molecule has 0 aromatic heterocycles. The largest absolute Gasteiger partial charge is 0.355 e. The van der Waals surface area contributed by atoms with Gasteiger partial charge in [0.15, 0.2) is 15.8 Å². The van der Waals surface area contributed by atoms with Gasteiger partial charge in [-0.25, -0.2) is 8.42 Å². The maximum absolute atomic E-state index is 11.7. The van der Waals surface area contributed by atoms with Crippen LogP contribution in [0.3, 0.4) is 0 Å². The van der Waals surface area contributed by atoms with Crippen molar-refractivity contribution in [3.05, 3.63) is 35.4 Å². The predicted molar refractivity (Wildman–Crippen MR) is 92.9 cm³/mol. The zero-order valence-electron chi connectivity index (χ0n) is 14.1. The fourth-order valence-electron chi connectivity index (χ4n) is 1.90.